The number of benzene rings is 1. The van der Waals surface area contributed by atoms with E-state index in [1.165, 1.54) is 0 Å². The number of pyridine rings is 1. The van der Waals surface area contributed by atoms with Crippen LogP contribution in [-0.2, 0) is 28.3 Å². The highest BCUT2D eigenvalue weighted by atomic mass is 16.3. The Morgan fingerprint density at radius 3 is 2.11 bits per heavy atom. The molecule has 0 spiro atoms. The standard InChI is InChI=1S/C22H25N3O3/c26-20(15-7-8-15)24-12-16-4-1-2-5-17(16)13-25-21(27)18-10-22(28,11-18)19-6-3-9-23-14-19/h1-6,9,14-15,18,28H,7-8,10-13H2,(H,24,26)(H,25,27). The molecule has 2 fully saturated rings. The van der Waals surface area contributed by atoms with Gasteiger partial charge in [0.05, 0.1) is 5.60 Å². The van der Waals surface area contributed by atoms with E-state index in [1.54, 1.807) is 18.5 Å². The summed E-state index contributed by atoms with van der Waals surface area (Å²) in [7, 11) is 0. The summed E-state index contributed by atoms with van der Waals surface area (Å²) in [5, 5.41) is 16.6. The fraction of sp³-hybridized carbons (Fsp3) is 0.409. The van der Waals surface area contributed by atoms with E-state index in [1.807, 2.05) is 30.3 Å². The maximum Gasteiger partial charge on any atom is 0.223 e. The lowest BCUT2D eigenvalue weighted by molar-refractivity contribution is -0.143. The van der Waals surface area contributed by atoms with Crippen molar-refractivity contribution in [2.24, 2.45) is 11.8 Å². The molecule has 4 rings (SSSR count). The molecule has 2 saturated carbocycles. The molecular weight excluding hydrogens is 354 g/mol. The quantitative estimate of drug-likeness (QED) is 0.686. The second-order valence-electron chi connectivity index (χ2n) is 7.86. The van der Waals surface area contributed by atoms with Gasteiger partial charge in [-0.15, -0.1) is 0 Å². The minimum atomic E-state index is -0.957. The molecule has 0 bridgehead atoms. The second-order valence-corrected chi connectivity index (χ2v) is 7.86. The van der Waals surface area contributed by atoms with Crippen LogP contribution >= 0.6 is 0 Å². The molecule has 2 amide bonds. The molecule has 1 aromatic heterocycles. The topological polar surface area (TPSA) is 91.3 Å². The summed E-state index contributed by atoms with van der Waals surface area (Å²) < 4.78 is 0. The minimum Gasteiger partial charge on any atom is -0.385 e. The summed E-state index contributed by atoms with van der Waals surface area (Å²) in [4.78, 5) is 28.4. The van der Waals surface area contributed by atoms with E-state index >= 15 is 0 Å². The number of carbonyl (C=O) groups is 2. The summed E-state index contributed by atoms with van der Waals surface area (Å²) in [6.07, 6.45) is 6.10. The highest BCUT2D eigenvalue weighted by Crippen LogP contribution is 2.45. The zero-order chi connectivity index (χ0) is 19.6. The van der Waals surface area contributed by atoms with Crippen molar-refractivity contribution >= 4 is 11.8 Å². The molecule has 3 N–H and O–H groups in total. The number of carbonyl (C=O) groups excluding carboxylic acids is 2. The van der Waals surface area contributed by atoms with Gasteiger partial charge in [0.15, 0.2) is 0 Å². The van der Waals surface area contributed by atoms with Crippen molar-refractivity contribution in [1.82, 2.24) is 15.6 Å². The van der Waals surface area contributed by atoms with Gasteiger partial charge in [-0.1, -0.05) is 30.3 Å². The molecule has 28 heavy (non-hydrogen) atoms. The Morgan fingerprint density at radius 2 is 1.57 bits per heavy atom. The van der Waals surface area contributed by atoms with Crippen molar-refractivity contribution in [1.29, 1.82) is 0 Å². The number of rotatable bonds is 7. The van der Waals surface area contributed by atoms with E-state index in [2.05, 4.69) is 15.6 Å². The Balaban J connectivity index is 1.29. The van der Waals surface area contributed by atoms with Gasteiger partial charge in [-0.3, -0.25) is 14.6 Å². The highest BCUT2D eigenvalue weighted by molar-refractivity contribution is 5.81. The average Bonchev–Trinajstić information content (AvgIpc) is 3.54. The molecule has 0 aliphatic heterocycles. The first-order valence-corrected chi connectivity index (χ1v) is 9.80. The fourth-order valence-corrected chi connectivity index (χ4v) is 3.72. The van der Waals surface area contributed by atoms with Crippen LogP contribution in [0.3, 0.4) is 0 Å². The van der Waals surface area contributed by atoms with Crippen LogP contribution in [0, 0.1) is 11.8 Å². The molecule has 146 valence electrons. The van der Waals surface area contributed by atoms with Crippen molar-refractivity contribution in [3.8, 4) is 0 Å². The van der Waals surface area contributed by atoms with Crippen LogP contribution < -0.4 is 10.6 Å². The Kier molecular flexibility index (Phi) is 5.13. The lowest BCUT2D eigenvalue weighted by Gasteiger charge is -2.42. The summed E-state index contributed by atoms with van der Waals surface area (Å²) in [5.74, 6) is 0.0457. The molecule has 2 aromatic rings. The molecule has 6 nitrogen and oxygen atoms in total. The van der Waals surface area contributed by atoms with E-state index in [9.17, 15) is 14.7 Å². The van der Waals surface area contributed by atoms with Gasteiger partial charge in [0.2, 0.25) is 11.8 Å². The van der Waals surface area contributed by atoms with Crippen molar-refractivity contribution < 1.29 is 14.7 Å². The monoisotopic (exact) mass is 379 g/mol. The molecule has 1 aromatic carbocycles. The zero-order valence-corrected chi connectivity index (χ0v) is 15.7. The molecule has 0 saturated heterocycles. The first-order chi connectivity index (χ1) is 13.5. The average molecular weight is 379 g/mol. The van der Waals surface area contributed by atoms with Crippen LogP contribution in [-0.4, -0.2) is 21.9 Å². The lowest BCUT2D eigenvalue weighted by Crippen LogP contribution is -2.48. The summed E-state index contributed by atoms with van der Waals surface area (Å²) >= 11 is 0. The van der Waals surface area contributed by atoms with Gasteiger partial charge in [0.1, 0.15) is 0 Å². The summed E-state index contributed by atoms with van der Waals surface area (Å²) in [6, 6.07) is 11.4. The Bertz CT molecular complexity index is 858. The number of aliphatic hydroxyl groups is 1. The molecule has 0 unspecified atom stereocenters. The number of hydrogen-bond acceptors (Lipinski definition) is 4. The van der Waals surface area contributed by atoms with Crippen LogP contribution in [0.5, 0.6) is 0 Å². The van der Waals surface area contributed by atoms with Gasteiger partial charge >= 0.3 is 0 Å². The smallest absolute Gasteiger partial charge is 0.223 e. The Hall–Kier alpha value is -2.73. The maximum atomic E-state index is 12.5. The third kappa shape index (κ3) is 4.07. The minimum absolute atomic E-state index is 0.0506. The second kappa shape index (κ2) is 7.72. The molecule has 0 atom stereocenters. The van der Waals surface area contributed by atoms with Gasteiger partial charge < -0.3 is 15.7 Å². The lowest BCUT2D eigenvalue weighted by atomic mass is 9.67. The third-order valence-corrected chi connectivity index (χ3v) is 5.71. The summed E-state index contributed by atoms with van der Waals surface area (Å²) in [6.45, 7) is 0.891. The number of amides is 2. The molecule has 2 aliphatic rings. The van der Waals surface area contributed by atoms with E-state index in [4.69, 9.17) is 0 Å². The van der Waals surface area contributed by atoms with E-state index in [0.29, 0.717) is 25.9 Å². The van der Waals surface area contributed by atoms with Crippen LogP contribution in [0.1, 0.15) is 42.4 Å². The van der Waals surface area contributed by atoms with Crippen molar-refractivity contribution in [2.75, 3.05) is 0 Å². The maximum absolute atomic E-state index is 12.5. The van der Waals surface area contributed by atoms with Crippen LogP contribution in [0.15, 0.2) is 48.8 Å². The van der Waals surface area contributed by atoms with Gasteiger partial charge in [-0.25, -0.2) is 0 Å². The van der Waals surface area contributed by atoms with Crippen molar-refractivity contribution in [2.45, 2.75) is 44.4 Å². The first-order valence-electron chi connectivity index (χ1n) is 9.80. The number of nitrogens with one attached hydrogen (secondary N) is 2. The predicted octanol–water partition coefficient (Wildman–Crippen LogP) is 2.02. The van der Waals surface area contributed by atoms with Gasteiger partial charge in [0, 0.05) is 42.9 Å². The van der Waals surface area contributed by atoms with Crippen LogP contribution in [0.2, 0.25) is 0 Å². The van der Waals surface area contributed by atoms with E-state index in [-0.39, 0.29) is 23.7 Å². The SMILES string of the molecule is O=C(NCc1ccccc1CNC(=O)C1CC(O)(c2cccnc2)C1)C1CC1. The Morgan fingerprint density at radius 1 is 0.964 bits per heavy atom. The van der Waals surface area contributed by atoms with Crippen molar-refractivity contribution in [3.05, 3.63) is 65.5 Å². The molecule has 1 heterocycles. The van der Waals surface area contributed by atoms with E-state index in [0.717, 1.165) is 29.5 Å². The van der Waals surface area contributed by atoms with Crippen LogP contribution in [0.25, 0.3) is 0 Å². The van der Waals surface area contributed by atoms with Gasteiger partial charge in [0.25, 0.3) is 0 Å². The summed E-state index contributed by atoms with van der Waals surface area (Å²) in [5.41, 5.74) is 1.81. The molecule has 2 aliphatic carbocycles. The van der Waals surface area contributed by atoms with Gasteiger partial charge in [-0.05, 0) is 42.9 Å². The highest BCUT2D eigenvalue weighted by Gasteiger charge is 2.47. The number of nitrogens with zero attached hydrogens (tertiary/aromatic N) is 1. The molecule has 6 heteroatoms. The zero-order valence-electron chi connectivity index (χ0n) is 15.7. The molecule has 0 radical (unpaired) electrons. The normalized spacial score (nSPS) is 23.5. The predicted molar refractivity (Wildman–Crippen MR) is 104 cm³/mol. The van der Waals surface area contributed by atoms with Crippen LogP contribution in [0.4, 0.5) is 0 Å². The molecular formula is C22H25N3O3. The number of hydrogen-bond donors (Lipinski definition) is 3. The van der Waals surface area contributed by atoms with Gasteiger partial charge in [-0.2, -0.15) is 0 Å². The van der Waals surface area contributed by atoms with Crippen molar-refractivity contribution in [3.63, 3.8) is 0 Å². The first kappa shape index (κ1) is 18.6. The Labute approximate surface area is 164 Å². The largest absolute Gasteiger partial charge is 0.385 e. The third-order valence-electron chi connectivity index (χ3n) is 5.71. The van der Waals surface area contributed by atoms with E-state index < -0.39 is 5.60 Å². The number of aromatic nitrogens is 1. The fourth-order valence-electron chi connectivity index (χ4n) is 3.72.